The second-order valence-corrected chi connectivity index (χ2v) is 9.78. The summed E-state index contributed by atoms with van der Waals surface area (Å²) in [5.74, 6) is 1.90. The van der Waals surface area contributed by atoms with Gasteiger partial charge in [0.05, 0.1) is 19.0 Å². The molecule has 0 fully saturated rings. The Kier molecular flexibility index (Phi) is 8.07. The first-order chi connectivity index (χ1) is 16.9. The Morgan fingerprint density at radius 2 is 1.89 bits per heavy atom. The summed E-state index contributed by atoms with van der Waals surface area (Å²) < 4.78 is 11.2. The molecular formula is C26H28ClN3O4S. The molecule has 0 radical (unpaired) electrons. The molecule has 4 aromatic rings. The molecule has 0 bridgehead atoms. The fourth-order valence-electron chi connectivity index (χ4n) is 3.83. The maximum atomic E-state index is 13.1. The largest absolute Gasteiger partial charge is 0.496 e. The number of nitrogens with zero attached hydrogens (tertiary/aromatic N) is 2. The predicted molar refractivity (Wildman–Crippen MR) is 141 cm³/mol. The third-order valence-corrected chi connectivity index (χ3v) is 6.80. The number of H-pyrrole nitrogens is 1. The number of para-hydroxylation sites is 1. The first-order valence-corrected chi connectivity index (χ1v) is 12.6. The SMILES string of the molecule is COc1ccccc1-c1csc2nc(CN(C[C@@H](O)COc3ccc(Cl)cc3)C(C)C)[nH]c(=O)c12. The van der Waals surface area contributed by atoms with Gasteiger partial charge in [-0.1, -0.05) is 29.8 Å². The molecule has 184 valence electrons. The van der Waals surface area contributed by atoms with Crippen LogP contribution in [0.5, 0.6) is 11.5 Å². The van der Waals surface area contributed by atoms with Crippen LogP contribution in [0.4, 0.5) is 0 Å². The van der Waals surface area contributed by atoms with Gasteiger partial charge in [-0.25, -0.2) is 4.98 Å². The van der Waals surface area contributed by atoms with Gasteiger partial charge < -0.3 is 19.6 Å². The molecule has 2 aromatic carbocycles. The zero-order valence-electron chi connectivity index (χ0n) is 19.8. The van der Waals surface area contributed by atoms with E-state index in [4.69, 9.17) is 26.1 Å². The van der Waals surface area contributed by atoms with Gasteiger partial charge in [0.15, 0.2) is 0 Å². The highest BCUT2D eigenvalue weighted by atomic mass is 35.5. The van der Waals surface area contributed by atoms with E-state index in [1.807, 2.05) is 43.5 Å². The standard InChI is InChI=1S/C26H28ClN3O4S/c1-16(2)30(12-18(31)14-34-19-10-8-17(27)9-11-19)13-23-28-25(32)24-21(15-35-26(24)29-23)20-6-4-5-7-22(20)33-3/h4-11,15-16,18,31H,12-14H2,1-3H3,(H,28,29,32)/t18-/m1/s1. The summed E-state index contributed by atoms with van der Waals surface area (Å²) in [6.45, 7) is 4.97. The number of nitrogens with one attached hydrogen (secondary N) is 1. The molecule has 35 heavy (non-hydrogen) atoms. The van der Waals surface area contributed by atoms with E-state index in [1.54, 1.807) is 31.4 Å². The lowest BCUT2D eigenvalue weighted by Crippen LogP contribution is -2.40. The molecule has 7 nitrogen and oxygen atoms in total. The van der Waals surface area contributed by atoms with Gasteiger partial charge in [-0.2, -0.15) is 0 Å². The summed E-state index contributed by atoms with van der Waals surface area (Å²) in [4.78, 5) is 23.5. The summed E-state index contributed by atoms with van der Waals surface area (Å²) in [7, 11) is 1.61. The van der Waals surface area contributed by atoms with Crippen LogP contribution < -0.4 is 15.0 Å². The lowest BCUT2D eigenvalue weighted by Gasteiger charge is -2.28. The average Bonchev–Trinajstić information content (AvgIpc) is 3.27. The Bertz CT molecular complexity index is 1340. The monoisotopic (exact) mass is 513 g/mol. The number of fused-ring (bicyclic) bond motifs is 1. The zero-order valence-corrected chi connectivity index (χ0v) is 21.4. The molecule has 0 aliphatic rings. The molecule has 0 aliphatic carbocycles. The van der Waals surface area contributed by atoms with Gasteiger partial charge in [0.1, 0.15) is 34.9 Å². The van der Waals surface area contributed by atoms with E-state index in [9.17, 15) is 9.90 Å². The van der Waals surface area contributed by atoms with E-state index < -0.39 is 6.10 Å². The van der Waals surface area contributed by atoms with Crippen molar-refractivity contribution < 1.29 is 14.6 Å². The summed E-state index contributed by atoms with van der Waals surface area (Å²) in [6, 6.07) is 14.7. The number of benzene rings is 2. The van der Waals surface area contributed by atoms with Crippen LogP contribution >= 0.6 is 22.9 Å². The van der Waals surface area contributed by atoms with E-state index >= 15 is 0 Å². The molecule has 0 spiro atoms. The van der Waals surface area contributed by atoms with Gasteiger partial charge >= 0.3 is 0 Å². The third-order valence-electron chi connectivity index (χ3n) is 5.67. The Hall–Kier alpha value is -2.91. The van der Waals surface area contributed by atoms with Crippen LogP contribution in [0.2, 0.25) is 5.02 Å². The fourth-order valence-corrected chi connectivity index (χ4v) is 4.91. The van der Waals surface area contributed by atoms with E-state index in [2.05, 4.69) is 9.88 Å². The highest BCUT2D eigenvalue weighted by molar-refractivity contribution is 7.17. The number of ether oxygens (including phenoxy) is 2. The number of methoxy groups -OCH3 is 1. The summed E-state index contributed by atoms with van der Waals surface area (Å²) in [6.07, 6.45) is -0.720. The Balaban J connectivity index is 1.50. The van der Waals surface area contributed by atoms with Crippen LogP contribution in [0.1, 0.15) is 19.7 Å². The molecule has 0 saturated carbocycles. The number of aliphatic hydroxyl groups is 1. The minimum absolute atomic E-state index is 0.119. The van der Waals surface area contributed by atoms with Crippen molar-refractivity contribution in [1.82, 2.24) is 14.9 Å². The molecule has 2 heterocycles. The van der Waals surface area contributed by atoms with E-state index in [1.165, 1.54) is 11.3 Å². The van der Waals surface area contributed by atoms with Crippen molar-refractivity contribution in [2.24, 2.45) is 0 Å². The molecule has 0 unspecified atom stereocenters. The minimum Gasteiger partial charge on any atom is -0.496 e. The molecule has 4 rings (SSSR count). The van der Waals surface area contributed by atoms with Crippen molar-refractivity contribution in [1.29, 1.82) is 0 Å². The van der Waals surface area contributed by atoms with Crippen LogP contribution in [0, 0.1) is 0 Å². The molecule has 0 saturated heterocycles. The van der Waals surface area contributed by atoms with Crippen LogP contribution in [0.25, 0.3) is 21.3 Å². The van der Waals surface area contributed by atoms with Gasteiger partial charge in [0, 0.05) is 34.1 Å². The van der Waals surface area contributed by atoms with Crippen molar-refractivity contribution in [2.45, 2.75) is 32.5 Å². The highest BCUT2D eigenvalue weighted by Gasteiger charge is 2.20. The zero-order chi connectivity index (χ0) is 24.9. The van der Waals surface area contributed by atoms with Crippen molar-refractivity contribution >= 4 is 33.2 Å². The maximum Gasteiger partial charge on any atom is 0.260 e. The second-order valence-electron chi connectivity index (χ2n) is 8.48. The Morgan fingerprint density at radius 1 is 1.14 bits per heavy atom. The molecule has 9 heteroatoms. The Morgan fingerprint density at radius 3 is 2.60 bits per heavy atom. The number of aromatic nitrogens is 2. The maximum absolute atomic E-state index is 13.1. The molecule has 0 aliphatic heterocycles. The predicted octanol–water partition coefficient (Wildman–Crippen LogP) is 4.96. The lowest BCUT2D eigenvalue weighted by atomic mass is 10.1. The Labute approximate surface area is 212 Å². The van der Waals surface area contributed by atoms with Gasteiger partial charge in [0.25, 0.3) is 5.56 Å². The van der Waals surface area contributed by atoms with Crippen molar-refractivity contribution in [3.63, 3.8) is 0 Å². The van der Waals surface area contributed by atoms with E-state index in [0.717, 1.165) is 11.1 Å². The van der Waals surface area contributed by atoms with Gasteiger partial charge in [-0.3, -0.25) is 9.69 Å². The summed E-state index contributed by atoms with van der Waals surface area (Å²) >= 11 is 7.33. The normalized spacial score (nSPS) is 12.4. The summed E-state index contributed by atoms with van der Waals surface area (Å²) in [5.41, 5.74) is 1.47. The second kappa shape index (κ2) is 11.2. The number of thiophene rings is 1. The van der Waals surface area contributed by atoms with Crippen LogP contribution in [0.15, 0.2) is 58.7 Å². The van der Waals surface area contributed by atoms with Gasteiger partial charge in [-0.15, -0.1) is 11.3 Å². The first-order valence-electron chi connectivity index (χ1n) is 11.3. The molecule has 1 atom stereocenters. The highest BCUT2D eigenvalue weighted by Crippen LogP contribution is 2.36. The lowest BCUT2D eigenvalue weighted by molar-refractivity contribution is 0.0533. The average molecular weight is 514 g/mol. The number of aliphatic hydroxyl groups excluding tert-OH is 1. The third kappa shape index (κ3) is 6.02. The number of aromatic amines is 1. The molecular weight excluding hydrogens is 486 g/mol. The van der Waals surface area contributed by atoms with Gasteiger partial charge in [0.2, 0.25) is 0 Å². The van der Waals surface area contributed by atoms with Crippen molar-refractivity contribution in [3.05, 3.63) is 75.1 Å². The van der Waals surface area contributed by atoms with Crippen LogP contribution in [-0.4, -0.2) is 52.4 Å². The topological polar surface area (TPSA) is 87.7 Å². The number of hydrogen-bond donors (Lipinski definition) is 2. The van der Waals surface area contributed by atoms with E-state index in [0.29, 0.717) is 45.7 Å². The minimum atomic E-state index is -0.720. The van der Waals surface area contributed by atoms with Crippen LogP contribution in [0.3, 0.4) is 0 Å². The first kappa shape index (κ1) is 25.2. The number of halogens is 1. The number of hydrogen-bond acceptors (Lipinski definition) is 7. The van der Waals surface area contributed by atoms with Crippen molar-refractivity contribution in [2.75, 3.05) is 20.3 Å². The van der Waals surface area contributed by atoms with Crippen molar-refractivity contribution in [3.8, 4) is 22.6 Å². The van der Waals surface area contributed by atoms with Gasteiger partial charge in [-0.05, 0) is 44.2 Å². The number of rotatable bonds is 10. The van der Waals surface area contributed by atoms with E-state index in [-0.39, 0.29) is 18.2 Å². The molecule has 0 amide bonds. The molecule has 2 aromatic heterocycles. The fraction of sp³-hybridized carbons (Fsp3) is 0.308. The smallest absolute Gasteiger partial charge is 0.260 e. The quantitative estimate of drug-likeness (QED) is 0.311. The molecule has 2 N–H and O–H groups in total. The van der Waals surface area contributed by atoms with Crippen LogP contribution in [-0.2, 0) is 6.54 Å². The summed E-state index contributed by atoms with van der Waals surface area (Å²) in [5, 5.41) is 13.7.